The summed E-state index contributed by atoms with van der Waals surface area (Å²) in [5.41, 5.74) is 3.14. The fraction of sp³-hybridized carbons (Fsp3) is 0.300. The molecule has 1 aromatic carbocycles. The molecular formula is C20H21N3O. The Morgan fingerprint density at radius 3 is 2.54 bits per heavy atom. The van der Waals surface area contributed by atoms with Gasteiger partial charge in [0.2, 0.25) is 0 Å². The fourth-order valence-electron chi connectivity index (χ4n) is 3.51. The van der Waals surface area contributed by atoms with Gasteiger partial charge < -0.3 is 5.32 Å². The highest BCUT2D eigenvalue weighted by atomic mass is 16.2. The van der Waals surface area contributed by atoms with Crippen molar-refractivity contribution < 1.29 is 4.79 Å². The zero-order valence-electron chi connectivity index (χ0n) is 13.6. The number of rotatable bonds is 3. The first-order valence-electron chi connectivity index (χ1n) is 8.66. The topological polar surface area (TPSA) is 46.4 Å². The van der Waals surface area contributed by atoms with Gasteiger partial charge in [0.05, 0.1) is 0 Å². The monoisotopic (exact) mass is 319 g/mol. The van der Waals surface area contributed by atoms with Gasteiger partial charge in [-0.15, -0.1) is 0 Å². The Morgan fingerprint density at radius 2 is 1.75 bits per heavy atom. The lowest BCUT2D eigenvalue weighted by molar-refractivity contribution is 0.0922. The van der Waals surface area contributed by atoms with Gasteiger partial charge in [0.25, 0.3) is 5.91 Å². The van der Waals surface area contributed by atoms with Gasteiger partial charge in [-0.25, -0.2) is 4.98 Å². The zero-order chi connectivity index (χ0) is 16.4. The predicted molar refractivity (Wildman–Crippen MR) is 95.0 cm³/mol. The lowest BCUT2D eigenvalue weighted by Gasteiger charge is -2.22. The van der Waals surface area contributed by atoms with Gasteiger partial charge in [0, 0.05) is 17.8 Å². The Labute approximate surface area is 141 Å². The molecule has 0 aliphatic heterocycles. The Hall–Kier alpha value is -2.62. The van der Waals surface area contributed by atoms with E-state index in [4.69, 9.17) is 4.98 Å². The van der Waals surface area contributed by atoms with Crippen molar-refractivity contribution in [2.24, 2.45) is 0 Å². The second kappa shape index (κ2) is 6.48. The Kier molecular flexibility index (Phi) is 4.03. The van der Waals surface area contributed by atoms with Crippen molar-refractivity contribution in [3.63, 3.8) is 0 Å². The van der Waals surface area contributed by atoms with Gasteiger partial charge in [-0.3, -0.25) is 9.20 Å². The first-order valence-corrected chi connectivity index (χ1v) is 8.66. The van der Waals surface area contributed by atoms with Crippen molar-refractivity contribution in [2.75, 3.05) is 0 Å². The molecule has 2 heterocycles. The van der Waals surface area contributed by atoms with E-state index in [2.05, 4.69) is 5.32 Å². The van der Waals surface area contributed by atoms with E-state index in [1.807, 2.05) is 59.1 Å². The molecule has 1 aliphatic rings. The van der Waals surface area contributed by atoms with E-state index in [1.165, 1.54) is 19.3 Å². The van der Waals surface area contributed by atoms with Crippen LogP contribution in [0.4, 0.5) is 0 Å². The van der Waals surface area contributed by atoms with Crippen LogP contribution in [0, 0.1) is 0 Å². The third-order valence-corrected chi connectivity index (χ3v) is 4.73. The van der Waals surface area contributed by atoms with Crippen LogP contribution >= 0.6 is 0 Å². The molecule has 0 unspecified atom stereocenters. The third-order valence-electron chi connectivity index (χ3n) is 4.73. The lowest BCUT2D eigenvalue weighted by Crippen LogP contribution is -2.37. The summed E-state index contributed by atoms with van der Waals surface area (Å²) in [7, 11) is 0. The minimum absolute atomic E-state index is 0.0283. The summed E-state index contributed by atoms with van der Waals surface area (Å²) in [5, 5.41) is 3.22. The minimum atomic E-state index is -0.0283. The summed E-state index contributed by atoms with van der Waals surface area (Å²) in [5.74, 6) is -0.0283. The molecule has 24 heavy (non-hydrogen) atoms. The smallest absolute Gasteiger partial charge is 0.270 e. The highest BCUT2D eigenvalue weighted by Gasteiger charge is 2.23. The average molecular weight is 319 g/mol. The van der Waals surface area contributed by atoms with Crippen molar-refractivity contribution >= 4 is 11.6 Å². The van der Waals surface area contributed by atoms with E-state index >= 15 is 0 Å². The van der Waals surface area contributed by atoms with Crippen LogP contribution in [0.2, 0.25) is 0 Å². The van der Waals surface area contributed by atoms with E-state index < -0.39 is 0 Å². The molecule has 4 heteroatoms. The summed E-state index contributed by atoms with van der Waals surface area (Å²) in [4.78, 5) is 17.7. The number of pyridine rings is 1. The number of carbonyl (C=O) groups is 1. The molecule has 0 bridgehead atoms. The van der Waals surface area contributed by atoms with Crippen molar-refractivity contribution in [1.29, 1.82) is 0 Å². The van der Waals surface area contributed by atoms with E-state index in [9.17, 15) is 4.79 Å². The quantitative estimate of drug-likeness (QED) is 0.791. The summed E-state index contributed by atoms with van der Waals surface area (Å²) in [6, 6.07) is 16.0. The molecule has 122 valence electrons. The number of benzene rings is 1. The van der Waals surface area contributed by atoms with Crippen LogP contribution in [0.5, 0.6) is 0 Å². The number of imidazole rings is 1. The maximum absolute atomic E-state index is 13.0. The standard InChI is InChI=1S/C20H21N3O/c24-20(21-16-11-5-2-6-12-16)19-18(15-9-3-1-4-10-15)22-17-13-7-8-14-23(17)19/h1,3-4,7-10,13-14,16H,2,5-6,11-12H2,(H,21,24). The van der Waals surface area contributed by atoms with E-state index in [1.54, 1.807) is 0 Å². The van der Waals surface area contributed by atoms with E-state index in [0.29, 0.717) is 5.69 Å². The maximum atomic E-state index is 13.0. The van der Waals surface area contributed by atoms with Gasteiger partial charge in [-0.05, 0) is 25.0 Å². The fourth-order valence-corrected chi connectivity index (χ4v) is 3.51. The SMILES string of the molecule is O=C(NC1CCCCC1)c1c(-c2ccccc2)nc2ccccn12. The predicted octanol–water partition coefficient (Wildman–Crippen LogP) is 4.06. The molecule has 4 nitrogen and oxygen atoms in total. The second-order valence-electron chi connectivity index (χ2n) is 6.41. The largest absolute Gasteiger partial charge is 0.348 e. The normalized spacial score (nSPS) is 15.5. The van der Waals surface area contributed by atoms with Crippen molar-refractivity contribution in [1.82, 2.24) is 14.7 Å². The van der Waals surface area contributed by atoms with Crippen LogP contribution in [0.1, 0.15) is 42.6 Å². The van der Waals surface area contributed by atoms with E-state index in [-0.39, 0.29) is 11.9 Å². The number of aromatic nitrogens is 2. The van der Waals surface area contributed by atoms with Crippen LogP contribution in [0.15, 0.2) is 54.7 Å². The molecule has 1 N–H and O–H groups in total. The van der Waals surface area contributed by atoms with Gasteiger partial charge in [0.15, 0.2) is 0 Å². The van der Waals surface area contributed by atoms with Gasteiger partial charge in [0.1, 0.15) is 17.0 Å². The van der Waals surface area contributed by atoms with Gasteiger partial charge in [-0.1, -0.05) is 55.7 Å². The highest BCUT2D eigenvalue weighted by Crippen LogP contribution is 2.25. The Morgan fingerprint density at radius 1 is 1.00 bits per heavy atom. The molecule has 0 spiro atoms. The number of nitrogens with zero attached hydrogens (tertiary/aromatic N) is 2. The molecule has 1 aliphatic carbocycles. The van der Waals surface area contributed by atoms with Crippen LogP contribution in [-0.2, 0) is 0 Å². The summed E-state index contributed by atoms with van der Waals surface area (Å²) < 4.78 is 1.89. The number of hydrogen-bond donors (Lipinski definition) is 1. The van der Waals surface area contributed by atoms with Crippen LogP contribution < -0.4 is 5.32 Å². The molecule has 2 aromatic heterocycles. The molecule has 1 fully saturated rings. The number of nitrogens with one attached hydrogen (secondary N) is 1. The van der Waals surface area contributed by atoms with E-state index in [0.717, 1.165) is 29.7 Å². The molecule has 0 radical (unpaired) electrons. The first kappa shape index (κ1) is 14.9. The van der Waals surface area contributed by atoms with Crippen molar-refractivity contribution in [3.8, 4) is 11.3 Å². The Bertz CT molecular complexity index is 848. The van der Waals surface area contributed by atoms with Crippen molar-refractivity contribution in [3.05, 3.63) is 60.4 Å². The number of carbonyl (C=O) groups excluding carboxylic acids is 1. The number of amides is 1. The van der Waals surface area contributed by atoms with Gasteiger partial charge in [-0.2, -0.15) is 0 Å². The molecule has 4 rings (SSSR count). The van der Waals surface area contributed by atoms with Crippen LogP contribution in [-0.4, -0.2) is 21.3 Å². The van der Waals surface area contributed by atoms with Gasteiger partial charge >= 0.3 is 0 Å². The highest BCUT2D eigenvalue weighted by molar-refractivity contribution is 5.99. The second-order valence-corrected chi connectivity index (χ2v) is 6.41. The average Bonchev–Trinajstić information content (AvgIpc) is 3.03. The first-order chi connectivity index (χ1) is 11.8. The molecule has 3 aromatic rings. The number of hydrogen-bond acceptors (Lipinski definition) is 2. The van der Waals surface area contributed by atoms with Crippen molar-refractivity contribution in [2.45, 2.75) is 38.1 Å². The minimum Gasteiger partial charge on any atom is -0.348 e. The molecule has 1 amide bonds. The summed E-state index contributed by atoms with van der Waals surface area (Å²) in [6.07, 6.45) is 7.72. The Balaban J connectivity index is 1.76. The summed E-state index contributed by atoms with van der Waals surface area (Å²) in [6.45, 7) is 0. The molecule has 0 atom stereocenters. The number of fused-ring (bicyclic) bond motifs is 1. The van der Waals surface area contributed by atoms with Crippen LogP contribution in [0.25, 0.3) is 16.9 Å². The molecule has 0 saturated heterocycles. The molecular weight excluding hydrogens is 298 g/mol. The maximum Gasteiger partial charge on any atom is 0.270 e. The molecule has 1 saturated carbocycles. The van der Waals surface area contributed by atoms with Crippen LogP contribution in [0.3, 0.4) is 0 Å². The lowest BCUT2D eigenvalue weighted by atomic mass is 9.95. The summed E-state index contributed by atoms with van der Waals surface area (Å²) >= 11 is 0. The third kappa shape index (κ3) is 2.80. The zero-order valence-corrected chi connectivity index (χ0v) is 13.6.